The lowest BCUT2D eigenvalue weighted by atomic mass is 10.3. The maximum Gasteiger partial charge on any atom is 0.250 e. The van der Waals surface area contributed by atoms with Crippen molar-refractivity contribution >= 4 is 21.4 Å². The largest absolute Gasteiger partial charge is 0.313 e. The first-order valence-electron chi connectivity index (χ1n) is 6.42. The van der Waals surface area contributed by atoms with E-state index in [4.69, 9.17) is 0 Å². The molecule has 0 aliphatic heterocycles. The number of rotatable bonds is 6. The zero-order valence-corrected chi connectivity index (χ0v) is 12.2. The first-order valence-corrected chi connectivity index (χ1v) is 8.78. The Morgan fingerprint density at radius 2 is 2.11 bits per heavy atom. The van der Waals surface area contributed by atoms with Gasteiger partial charge in [-0.15, -0.1) is 11.3 Å². The van der Waals surface area contributed by atoms with Crippen LogP contribution in [0.5, 0.6) is 0 Å². The number of hydrogen-bond acceptors (Lipinski definition) is 4. The zero-order valence-electron chi connectivity index (χ0n) is 10.6. The molecule has 102 valence electrons. The minimum absolute atomic E-state index is 0.134. The van der Waals surface area contributed by atoms with Crippen LogP contribution in [0.25, 0.3) is 0 Å². The van der Waals surface area contributed by atoms with E-state index in [0.717, 1.165) is 44.3 Å². The summed E-state index contributed by atoms with van der Waals surface area (Å²) < 4.78 is 27.5. The Bertz CT molecular complexity index is 476. The molecule has 1 aromatic rings. The van der Waals surface area contributed by atoms with Gasteiger partial charge in [-0.3, -0.25) is 0 Å². The molecule has 1 aliphatic rings. The lowest BCUT2D eigenvalue weighted by Crippen LogP contribution is -2.32. The third-order valence-corrected chi connectivity index (χ3v) is 6.16. The lowest BCUT2D eigenvalue weighted by molar-refractivity contribution is 0.554. The molecule has 6 heteroatoms. The van der Waals surface area contributed by atoms with E-state index in [1.54, 1.807) is 6.07 Å². The van der Waals surface area contributed by atoms with Gasteiger partial charge in [0, 0.05) is 12.6 Å². The molecule has 0 amide bonds. The van der Waals surface area contributed by atoms with Crippen LogP contribution < -0.4 is 10.0 Å². The summed E-state index contributed by atoms with van der Waals surface area (Å²) in [6.07, 6.45) is 4.19. The average molecular weight is 288 g/mol. The SMILES string of the molecule is CCNCc1csc(S(=O)(=O)NC2CCCC2)c1. The maximum absolute atomic E-state index is 12.2. The quantitative estimate of drug-likeness (QED) is 0.842. The molecule has 1 aromatic heterocycles. The molecule has 0 radical (unpaired) electrons. The molecule has 4 nitrogen and oxygen atoms in total. The first kappa shape index (κ1) is 14.0. The molecule has 0 atom stereocenters. The first-order chi connectivity index (χ1) is 8.62. The summed E-state index contributed by atoms with van der Waals surface area (Å²) in [4.78, 5) is 0. The molecule has 0 unspecified atom stereocenters. The van der Waals surface area contributed by atoms with Crippen molar-refractivity contribution in [3.05, 3.63) is 17.0 Å². The second-order valence-corrected chi connectivity index (χ2v) is 7.51. The minimum Gasteiger partial charge on any atom is -0.313 e. The molecule has 1 fully saturated rings. The van der Waals surface area contributed by atoms with Crippen LogP contribution in [0.3, 0.4) is 0 Å². The average Bonchev–Trinajstić information content (AvgIpc) is 2.96. The number of nitrogens with one attached hydrogen (secondary N) is 2. The molecule has 18 heavy (non-hydrogen) atoms. The Kier molecular flexibility index (Phi) is 4.77. The van der Waals surface area contributed by atoms with E-state index in [2.05, 4.69) is 10.0 Å². The van der Waals surface area contributed by atoms with Crippen molar-refractivity contribution < 1.29 is 8.42 Å². The topological polar surface area (TPSA) is 58.2 Å². The van der Waals surface area contributed by atoms with Crippen molar-refractivity contribution in [2.24, 2.45) is 0 Å². The van der Waals surface area contributed by atoms with Crippen molar-refractivity contribution in [1.29, 1.82) is 0 Å². The molecular formula is C12H20N2O2S2. The van der Waals surface area contributed by atoms with Gasteiger partial charge < -0.3 is 5.32 Å². The van der Waals surface area contributed by atoms with E-state index in [-0.39, 0.29) is 6.04 Å². The molecule has 0 saturated heterocycles. The molecule has 1 heterocycles. The number of hydrogen-bond donors (Lipinski definition) is 2. The summed E-state index contributed by atoms with van der Waals surface area (Å²) in [6, 6.07) is 1.90. The van der Waals surface area contributed by atoms with Crippen LogP contribution in [0.1, 0.15) is 38.2 Å². The summed E-state index contributed by atoms with van der Waals surface area (Å²) in [7, 11) is -3.31. The van der Waals surface area contributed by atoms with Crippen LogP contribution in [0, 0.1) is 0 Å². The van der Waals surface area contributed by atoms with Crippen LogP contribution >= 0.6 is 11.3 Å². The highest BCUT2D eigenvalue weighted by Gasteiger charge is 2.23. The molecule has 0 spiro atoms. The fourth-order valence-electron chi connectivity index (χ4n) is 2.18. The predicted octanol–water partition coefficient (Wildman–Crippen LogP) is 2.08. The zero-order chi connectivity index (χ0) is 13.0. The molecule has 2 N–H and O–H groups in total. The summed E-state index contributed by atoms with van der Waals surface area (Å²) in [6.45, 7) is 3.65. The highest BCUT2D eigenvalue weighted by molar-refractivity contribution is 7.91. The Labute approximate surface area is 113 Å². The van der Waals surface area contributed by atoms with Crippen LogP contribution in [0.4, 0.5) is 0 Å². The Hall–Kier alpha value is -0.430. The van der Waals surface area contributed by atoms with Gasteiger partial charge >= 0.3 is 0 Å². The van der Waals surface area contributed by atoms with Gasteiger partial charge in [-0.2, -0.15) is 0 Å². The van der Waals surface area contributed by atoms with Gasteiger partial charge in [-0.1, -0.05) is 19.8 Å². The summed E-state index contributed by atoms with van der Waals surface area (Å²) >= 11 is 1.30. The van der Waals surface area contributed by atoms with Gasteiger partial charge in [0.1, 0.15) is 4.21 Å². The van der Waals surface area contributed by atoms with Crippen molar-refractivity contribution in [2.75, 3.05) is 6.54 Å². The van der Waals surface area contributed by atoms with Gasteiger partial charge in [0.15, 0.2) is 0 Å². The second-order valence-electron chi connectivity index (χ2n) is 4.66. The standard InChI is InChI=1S/C12H20N2O2S2/c1-2-13-8-10-7-12(17-9-10)18(15,16)14-11-5-3-4-6-11/h7,9,11,13-14H,2-6,8H2,1H3. The highest BCUT2D eigenvalue weighted by Crippen LogP contribution is 2.24. The monoisotopic (exact) mass is 288 g/mol. The summed E-state index contributed by atoms with van der Waals surface area (Å²) in [5.41, 5.74) is 1.04. The van der Waals surface area contributed by atoms with Crippen LogP contribution in [-0.2, 0) is 16.6 Å². The smallest absolute Gasteiger partial charge is 0.250 e. The second kappa shape index (κ2) is 6.14. The molecule has 1 aliphatic carbocycles. The van der Waals surface area contributed by atoms with Crippen molar-refractivity contribution in [2.45, 2.75) is 49.4 Å². The Balaban J connectivity index is 2.02. The molecule has 2 rings (SSSR count). The summed E-state index contributed by atoms with van der Waals surface area (Å²) in [5, 5.41) is 5.10. The fraction of sp³-hybridized carbons (Fsp3) is 0.667. The van der Waals surface area contributed by atoms with E-state index in [9.17, 15) is 8.42 Å². The predicted molar refractivity (Wildman–Crippen MR) is 74.3 cm³/mol. The van der Waals surface area contributed by atoms with Crippen molar-refractivity contribution in [3.63, 3.8) is 0 Å². The summed E-state index contributed by atoms with van der Waals surface area (Å²) in [5.74, 6) is 0. The van der Waals surface area contributed by atoms with Crippen LogP contribution in [0.2, 0.25) is 0 Å². The number of sulfonamides is 1. The van der Waals surface area contributed by atoms with Crippen LogP contribution in [-0.4, -0.2) is 21.0 Å². The highest BCUT2D eigenvalue weighted by atomic mass is 32.2. The van der Waals surface area contributed by atoms with Crippen LogP contribution in [0.15, 0.2) is 15.7 Å². The molecular weight excluding hydrogens is 268 g/mol. The minimum atomic E-state index is -3.31. The Morgan fingerprint density at radius 1 is 1.39 bits per heavy atom. The molecule has 1 saturated carbocycles. The van der Waals surface area contributed by atoms with Gasteiger partial charge in [0.05, 0.1) is 0 Å². The third kappa shape index (κ3) is 3.54. The molecule has 0 aromatic carbocycles. The third-order valence-electron chi connectivity index (χ3n) is 3.15. The number of thiophene rings is 1. The molecule has 0 bridgehead atoms. The lowest BCUT2D eigenvalue weighted by Gasteiger charge is -2.10. The van der Waals surface area contributed by atoms with Gasteiger partial charge in [-0.05, 0) is 36.4 Å². The normalized spacial score (nSPS) is 17.4. The van der Waals surface area contributed by atoms with E-state index in [0.29, 0.717) is 4.21 Å². The Morgan fingerprint density at radius 3 is 2.78 bits per heavy atom. The van der Waals surface area contributed by atoms with E-state index >= 15 is 0 Å². The fourth-order valence-corrected chi connectivity index (χ4v) is 4.71. The maximum atomic E-state index is 12.2. The van der Waals surface area contributed by atoms with Crippen molar-refractivity contribution in [1.82, 2.24) is 10.0 Å². The van der Waals surface area contributed by atoms with E-state index in [1.165, 1.54) is 11.3 Å². The van der Waals surface area contributed by atoms with Gasteiger partial charge in [0.25, 0.3) is 0 Å². The van der Waals surface area contributed by atoms with E-state index in [1.807, 2.05) is 12.3 Å². The van der Waals surface area contributed by atoms with Gasteiger partial charge in [0.2, 0.25) is 10.0 Å². The van der Waals surface area contributed by atoms with Gasteiger partial charge in [-0.25, -0.2) is 13.1 Å². The van der Waals surface area contributed by atoms with Crippen molar-refractivity contribution in [3.8, 4) is 0 Å². The van der Waals surface area contributed by atoms with E-state index < -0.39 is 10.0 Å².